The fourth-order valence-corrected chi connectivity index (χ4v) is 3.56. The van der Waals surface area contributed by atoms with Crippen LogP contribution in [0.4, 0.5) is 17.6 Å². The van der Waals surface area contributed by atoms with E-state index in [-0.39, 0.29) is 12.0 Å². The summed E-state index contributed by atoms with van der Waals surface area (Å²) in [6.45, 7) is 3.52. The molecule has 0 spiro atoms. The molecule has 3 nitrogen and oxygen atoms in total. The minimum atomic E-state index is -1.34. The van der Waals surface area contributed by atoms with Crippen molar-refractivity contribution in [1.29, 1.82) is 0 Å². The van der Waals surface area contributed by atoms with Crippen LogP contribution in [0, 0.1) is 29.2 Å². The summed E-state index contributed by atoms with van der Waals surface area (Å²) in [4.78, 5) is 1.92. The predicted molar refractivity (Wildman–Crippen MR) is 77.0 cm³/mol. The SMILES string of the molecule is Fc1cc(F)c(F)c([C@@H](C2CCOCC2)N2CCNCC2)c1F. The van der Waals surface area contributed by atoms with Crippen LogP contribution in [-0.4, -0.2) is 44.3 Å². The van der Waals surface area contributed by atoms with Crippen molar-refractivity contribution in [2.75, 3.05) is 39.4 Å². The Labute approximate surface area is 132 Å². The van der Waals surface area contributed by atoms with Gasteiger partial charge >= 0.3 is 0 Å². The average molecular weight is 332 g/mol. The summed E-state index contributed by atoms with van der Waals surface area (Å²) in [5.41, 5.74) is -0.476. The number of nitrogens with one attached hydrogen (secondary N) is 1. The van der Waals surface area contributed by atoms with Crippen LogP contribution < -0.4 is 5.32 Å². The van der Waals surface area contributed by atoms with Crippen molar-refractivity contribution < 1.29 is 22.3 Å². The fraction of sp³-hybridized carbons (Fsp3) is 0.625. The van der Waals surface area contributed by atoms with Gasteiger partial charge < -0.3 is 10.1 Å². The van der Waals surface area contributed by atoms with Gasteiger partial charge in [0.25, 0.3) is 0 Å². The van der Waals surface area contributed by atoms with Gasteiger partial charge in [0.05, 0.1) is 0 Å². The summed E-state index contributed by atoms with van der Waals surface area (Å²) in [5.74, 6) is -5.33. The summed E-state index contributed by atoms with van der Waals surface area (Å²) in [6, 6.07) is -0.404. The molecule has 1 N–H and O–H groups in total. The largest absolute Gasteiger partial charge is 0.381 e. The first-order valence-corrected chi connectivity index (χ1v) is 7.95. The number of hydrogen-bond acceptors (Lipinski definition) is 3. The maximum atomic E-state index is 14.3. The van der Waals surface area contributed by atoms with E-state index in [1.165, 1.54) is 0 Å². The van der Waals surface area contributed by atoms with E-state index in [1.807, 2.05) is 4.90 Å². The number of halogens is 4. The van der Waals surface area contributed by atoms with Crippen LogP contribution in [0.15, 0.2) is 6.07 Å². The molecule has 0 saturated carbocycles. The van der Waals surface area contributed by atoms with Gasteiger partial charge in [0, 0.05) is 57.1 Å². The topological polar surface area (TPSA) is 24.5 Å². The lowest BCUT2D eigenvalue weighted by molar-refractivity contribution is 0.0187. The standard InChI is InChI=1S/C16H20F4N2O/c17-11-9-12(18)15(20)13(14(11)19)16(10-1-7-23-8-2-10)22-5-3-21-4-6-22/h9-10,16,21H,1-8H2/t16-/m1/s1. The van der Waals surface area contributed by atoms with E-state index in [9.17, 15) is 17.6 Å². The maximum absolute atomic E-state index is 14.3. The molecule has 2 heterocycles. The van der Waals surface area contributed by atoms with Crippen molar-refractivity contribution in [2.24, 2.45) is 5.92 Å². The van der Waals surface area contributed by atoms with E-state index in [0.29, 0.717) is 52.2 Å². The monoisotopic (exact) mass is 332 g/mol. The molecule has 0 aliphatic carbocycles. The molecule has 2 aliphatic rings. The second-order valence-electron chi connectivity index (χ2n) is 6.06. The molecular weight excluding hydrogens is 312 g/mol. The molecular formula is C16H20F4N2O. The van der Waals surface area contributed by atoms with Crippen molar-refractivity contribution in [3.05, 3.63) is 34.9 Å². The summed E-state index contributed by atoms with van der Waals surface area (Å²) in [7, 11) is 0. The first-order chi connectivity index (χ1) is 11.1. The number of benzene rings is 1. The maximum Gasteiger partial charge on any atom is 0.166 e. The minimum Gasteiger partial charge on any atom is -0.381 e. The van der Waals surface area contributed by atoms with Crippen molar-refractivity contribution >= 4 is 0 Å². The molecule has 0 unspecified atom stereocenters. The van der Waals surface area contributed by atoms with Crippen molar-refractivity contribution in [1.82, 2.24) is 10.2 Å². The smallest absolute Gasteiger partial charge is 0.166 e. The zero-order valence-electron chi connectivity index (χ0n) is 12.8. The van der Waals surface area contributed by atoms with Gasteiger partial charge in [-0.1, -0.05) is 0 Å². The third kappa shape index (κ3) is 3.36. The molecule has 7 heteroatoms. The van der Waals surface area contributed by atoms with Gasteiger partial charge in [-0.25, -0.2) is 17.6 Å². The summed E-state index contributed by atoms with van der Waals surface area (Å²) in [6.07, 6.45) is 1.23. The zero-order valence-corrected chi connectivity index (χ0v) is 12.8. The molecule has 128 valence electrons. The van der Waals surface area contributed by atoms with Crippen molar-refractivity contribution in [2.45, 2.75) is 18.9 Å². The normalized spacial score (nSPS) is 22.3. The Morgan fingerprint density at radius 3 is 2.13 bits per heavy atom. The Kier molecular flexibility index (Phi) is 5.18. The van der Waals surface area contributed by atoms with Crippen LogP contribution in [0.3, 0.4) is 0 Å². The number of piperazine rings is 1. The second kappa shape index (κ2) is 7.15. The van der Waals surface area contributed by atoms with Gasteiger partial charge in [0.1, 0.15) is 0 Å². The molecule has 1 atom stereocenters. The van der Waals surface area contributed by atoms with E-state index >= 15 is 0 Å². The zero-order chi connectivity index (χ0) is 16.4. The van der Waals surface area contributed by atoms with Gasteiger partial charge in [-0.2, -0.15) is 0 Å². The lowest BCUT2D eigenvalue weighted by Gasteiger charge is -2.41. The highest BCUT2D eigenvalue weighted by molar-refractivity contribution is 5.27. The van der Waals surface area contributed by atoms with Crippen LogP contribution in [0.2, 0.25) is 0 Å². The summed E-state index contributed by atoms with van der Waals surface area (Å²) >= 11 is 0. The molecule has 2 saturated heterocycles. The highest BCUT2D eigenvalue weighted by Crippen LogP contribution is 2.38. The number of nitrogens with zero attached hydrogens (tertiary/aromatic N) is 1. The fourth-order valence-electron chi connectivity index (χ4n) is 3.56. The Bertz CT molecular complexity index is 513. The highest BCUT2D eigenvalue weighted by Gasteiger charge is 2.36. The van der Waals surface area contributed by atoms with E-state index in [1.54, 1.807) is 0 Å². The average Bonchev–Trinajstić information content (AvgIpc) is 2.58. The Hall–Kier alpha value is -1.18. The highest BCUT2D eigenvalue weighted by atomic mass is 19.2. The van der Waals surface area contributed by atoms with Crippen LogP contribution in [0.5, 0.6) is 0 Å². The molecule has 0 bridgehead atoms. The molecule has 1 aromatic carbocycles. The van der Waals surface area contributed by atoms with Crippen molar-refractivity contribution in [3.63, 3.8) is 0 Å². The lowest BCUT2D eigenvalue weighted by Crippen LogP contribution is -2.48. The Morgan fingerprint density at radius 2 is 1.57 bits per heavy atom. The van der Waals surface area contributed by atoms with Gasteiger partial charge in [-0.15, -0.1) is 0 Å². The van der Waals surface area contributed by atoms with Crippen LogP contribution in [0.25, 0.3) is 0 Å². The molecule has 0 amide bonds. The van der Waals surface area contributed by atoms with E-state index in [0.717, 1.165) is 0 Å². The van der Waals surface area contributed by atoms with E-state index in [2.05, 4.69) is 5.32 Å². The minimum absolute atomic E-state index is 0.0907. The van der Waals surface area contributed by atoms with Crippen LogP contribution >= 0.6 is 0 Å². The van der Waals surface area contributed by atoms with Gasteiger partial charge in [-0.05, 0) is 18.8 Å². The summed E-state index contributed by atoms with van der Waals surface area (Å²) in [5, 5.41) is 3.17. The Balaban J connectivity index is 2.03. The molecule has 23 heavy (non-hydrogen) atoms. The molecule has 2 fully saturated rings. The Morgan fingerprint density at radius 1 is 1.00 bits per heavy atom. The first kappa shape index (κ1) is 16.7. The van der Waals surface area contributed by atoms with Crippen LogP contribution in [-0.2, 0) is 4.74 Å². The third-order valence-electron chi connectivity index (χ3n) is 4.70. The third-order valence-corrected chi connectivity index (χ3v) is 4.70. The van der Waals surface area contributed by atoms with Gasteiger partial charge in [0.15, 0.2) is 23.3 Å². The van der Waals surface area contributed by atoms with E-state index < -0.39 is 34.9 Å². The quantitative estimate of drug-likeness (QED) is 0.680. The number of hydrogen-bond donors (Lipinski definition) is 1. The van der Waals surface area contributed by atoms with Gasteiger partial charge in [-0.3, -0.25) is 4.90 Å². The summed E-state index contributed by atoms with van der Waals surface area (Å²) < 4.78 is 61.4. The van der Waals surface area contributed by atoms with Gasteiger partial charge in [0.2, 0.25) is 0 Å². The number of ether oxygens (including phenoxy) is 1. The lowest BCUT2D eigenvalue weighted by atomic mass is 9.85. The van der Waals surface area contributed by atoms with Crippen LogP contribution in [0.1, 0.15) is 24.4 Å². The first-order valence-electron chi connectivity index (χ1n) is 7.95. The van der Waals surface area contributed by atoms with Crippen molar-refractivity contribution in [3.8, 4) is 0 Å². The predicted octanol–water partition coefficient (Wildman–Crippen LogP) is 2.62. The molecule has 0 radical (unpaired) electrons. The van der Waals surface area contributed by atoms with E-state index in [4.69, 9.17) is 4.74 Å². The molecule has 3 rings (SSSR count). The molecule has 1 aromatic rings. The number of rotatable bonds is 3. The second-order valence-corrected chi connectivity index (χ2v) is 6.06. The molecule has 2 aliphatic heterocycles. The molecule has 0 aromatic heterocycles.